The third-order valence-corrected chi connectivity index (χ3v) is 3.17. The molecule has 19 heavy (non-hydrogen) atoms. The number of benzene rings is 1. The Labute approximate surface area is 116 Å². The van der Waals surface area contributed by atoms with Crippen LogP contribution in [0.1, 0.15) is 5.69 Å². The van der Waals surface area contributed by atoms with Gasteiger partial charge in [-0.1, -0.05) is 23.7 Å². The Bertz CT molecular complexity index is 624. The lowest BCUT2D eigenvalue weighted by atomic mass is 10.1. The molecule has 3 rings (SSSR count). The first-order valence-electron chi connectivity index (χ1n) is 5.97. The maximum Gasteiger partial charge on any atom is 0.159 e. The molecule has 4 heteroatoms. The molecule has 1 aromatic carbocycles. The van der Waals surface area contributed by atoms with E-state index in [1.165, 1.54) is 0 Å². The predicted molar refractivity (Wildman–Crippen MR) is 76.5 cm³/mol. The van der Waals surface area contributed by atoms with Gasteiger partial charge in [-0.05, 0) is 48.4 Å². The van der Waals surface area contributed by atoms with E-state index in [9.17, 15) is 0 Å². The van der Waals surface area contributed by atoms with E-state index in [1.807, 2.05) is 66.3 Å². The smallest absolute Gasteiger partial charge is 0.159 e. The van der Waals surface area contributed by atoms with Crippen LogP contribution in [0.5, 0.6) is 0 Å². The van der Waals surface area contributed by atoms with Crippen molar-refractivity contribution < 1.29 is 0 Å². The van der Waals surface area contributed by atoms with Gasteiger partial charge in [0.15, 0.2) is 5.82 Å². The number of hydrogen-bond acceptors (Lipinski definition) is 2. The first-order valence-corrected chi connectivity index (χ1v) is 6.35. The van der Waals surface area contributed by atoms with Crippen LogP contribution in [-0.2, 0) is 0 Å². The fraction of sp³-hybridized carbons (Fsp3) is 0.0667. The van der Waals surface area contributed by atoms with Crippen LogP contribution in [0, 0.1) is 6.92 Å². The van der Waals surface area contributed by atoms with Gasteiger partial charge in [0.1, 0.15) is 0 Å². The van der Waals surface area contributed by atoms with E-state index < -0.39 is 0 Å². The summed E-state index contributed by atoms with van der Waals surface area (Å²) in [6, 6.07) is 13.7. The highest BCUT2D eigenvalue weighted by Crippen LogP contribution is 2.22. The standard InChI is InChI=1S/C15H12ClN3/c1-11-2-7-15(18-17-11)19-9-8-13(10-19)12-3-5-14(16)6-4-12/h2-10H,1H3. The average molecular weight is 270 g/mol. The van der Waals surface area contributed by atoms with Crippen LogP contribution >= 0.6 is 11.6 Å². The van der Waals surface area contributed by atoms with Crippen molar-refractivity contribution in [3.63, 3.8) is 0 Å². The Balaban J connectivity index is 1.95. The Morgan fingerprint density at radius 1 is 0.895 bits per heavy atom. The van der Waals surface area contributed by atoms with Crippen LogP contribution in [0.25, 0.3) is 16.9 Å². The van der Waals surface area contributed by atoms with Crippen LogP contribution in [-0.4, -0.2) is 14.8 Å². The molecule has 0 fully saturated rings. The maximum atomic E-state index is 5.89. The molecule has 0 spiro atoms. The van der Waals surface area contributed by atoms with E-state index in [0.29, 0.717) is 0 Å². The number of hydrogen-bond donors (Lipinski definition) is 0. The molecular formula is C15H12ClN3. The van der Waals surface area contributed by atoms with Crippen LogP contribution in [0.3, 0.4) is 0 Å². The highest BCUT2D eigenvalue weighted by molar-refractivity contribution is 6.30. The van der Waals surface area contributed by atoms with Gasteiger partial charge in [0.2, 0.25) is 0 Å². The summed E-state index contributed by atoms with van der Waals surface area (Å²) >= 11 is 5.89. The van der Waals surface area contributed by atoms with Gasteiger partial charge >= 0.3 is 0 Å². The summed E-state index contributed by atoms with van der Waals surface area (Å²) in [4.78, 5) is 0. The van der Waals surface area contributed by atoms with Gasteiger partial charge in [-0.25, -0.2) is 0 Å². The van der Waals surface area contributed by atoms with Gasteiger partial charge in [-0.3, -0.25) is 0 Å². The molecule has 0 radical (unpaired) electrons. The predicted octanol–water partition coefficient (Wildman–Crippen LogP) is 3.90. The molecule has 0 unspecified atom stereocenters. The van der Waals surface area contributed by atoms with Crippen molar-refractivity contribution in [1.29, 1.82) is 0 Å². The highest BCUT2D eigenvalue weighted by atomic mass is 35.5. The summed E-state index contributed by atoms with van der Waals surface area (Å²) in [5.74, 6) is 0.811. The second-order valence-electron chi connectivity index (χ2n) is 4.35. The van der Waals surface area contributed by atoms with Crippen molar-refractivity contribution in [3.8, 4) is 16.9 Å². The van der Waals surface area contributed by atoms with Crippen molar-refractivity contribution in [2.75, 3.05) is 0 Å². The first-order chi connectivity index (χ1) is 9.22. The molecule has 0 aliphatic carbocycles. The summed E-state index contributed by atoms with van der Waals surface area (Å²) in [5, 5.41) is 8.97. The van der Waals surface area contributed by atoms with E-state index in [0.717, 1.165) is 27.7 Å². The zero-order chi connectivity index (χ0) is 13.2. The molecule has 0 aliphatic rings. The zero-order valence-corrected chi connectivity index (χ0v) is 11.2. The topological polar surface area (TPSA) is 30.7 Å². The lowest BCUT2D eigenvalue weighted by Crippen LogP contribution is -1.96. The Hall–Kier alpha value is -2.13. The van der Waals surface area contributed by atoms with Gasteiger partial charge in [0, 0.05) is 17.4 Å². The van der Waals surface area contributed by atoms with Gasteiger partial charge in [0.25, 0.3) is 0 Å². The van der Waals surface area contributed by atoms with E-state index >= 15 is 0 Å². The minimum atomic E-state index is 0.743. The number of aromatic nitrogens is 3. The Morgan fingerprint density at radius 3 is 2.37 bits per heavy atom. The lowest BCUT2D eigenvalue weighted by molar-refractivity contribution is 0.896. The molecule has 0 saturated heterocycles. The summed E-state index contributed by atoms with van der Waals surface area (Å²) in [5.41, 5.74) is 3.16. The largest absolute Gasteiger partial charge is 0.307 e. The fourth-order valence-electron chi connectivity index (χ4n) is 1.88. The fourth-order valence-corrected chi connectivity index (χ4v) is 2.01. The zero-order valence-electron chi connectivity index (χ0n) is 10.4. The van der Waals surface area contributed by atoms with E-state index in [-0.39, 0.29) is 0 Å². The van der Waals surface area contributed by atoms with Gasteiger partial charge in [-0.2, -0.15) is 5.10 Å². The molecule has 0 bridgehead atoms. The molecule has 0 saturated carbocycles. The van der Waals surface area contributed by atoms with Crippen molar-refractivity contribution >= 4 is 11.6 Å². The number of nitrogens with zero attached hydrogens (tertiary/aromatic N) is 3. The minimum Gasteiger partial charge on any atom is -0.307 e. The van der Waals surface area contributed by atoms with Gasteiger partial charge in [-0.15, -0.1) is 5.10 Å². The van der Waals surface area contributed by atoms with E-state index in [1.54, 1.807) is 0 Å². The second kappa shape index (κ2) is 4.86. The monoisotopic (exact) mass is 269 g/mol. The van der Waals surface area contributed by atoms with E-state index in [4.69, 9.17) is 11.6 Å². The molecule has 0 amide bonds. The highest BCUT2D eigenvalue weighted by Gasteiger charge is 2.03. The molecule has 2 aromatic heterocycles. The lowest BCUT2D eigenvalue weighted by Gasteiger charge is -2.01. The molecule has 3 nitrogen and oxygen atoms in total. The van der Waals surface area contributed by atoms with Crippen molar-refractivity contribution in [2.24, 2.45) is 0 Å². The normalized spacial score (nSPS) is 10.6. The average Bonchev–Trinajstić information content (AvgIpc) is 2.90. The number of rotatable bonds is 2. The summed E-state index contributed by atoms with van der Waals surface area (Å²) in [7, 11) is 0. The minimum absolute atomic E-state index is 0.743. The first kappa shape index (κ1) is 11.9. The molecule has 0 N–H and O–H groups in total. The summed E-state index contributed by atoms with van der Waals surface area (Å²) in [6.45, 7) is 1.92. The Kier molecular flexibility index (Phi) is 3.05. The maximum absolute atomic E-state index is 5.89. The quantitative estimate of drug-likeness (QED) is 0.706. The molecule has 94 valence electrons. The second-order valence-corrected chi connectivity index (χ2v) is 4.78. The van der Waals surface area contributed by atoms with Crippen LogP contribution in [0.4, 0.5) is 0 Å². The number of aryl methyl sites for hydroxylation is 1. The van der Waals surface area contributed by atoms with Crippen LogP contribution in [0.15, 0.2) is 54.9 Å². The van der Waals surface area contributed by atoms with Crippen molar-refractivity contribution in [3.05, 3.63) is 65.6 Å². The summed E-state index contributed by atoms with van der Waals surface area (Å²) in [6.07, 6.45) is 4.01. The summed E-state index contributed by atoms with van der Waals surface area (Å²) < 4.78 is 1.95. The van der Waals surface area contributed by atoms with Gasteiger partial charge < -0.3 is 4.57 Å². The molecule has 0 aliphatic heterocycles. The van der Waals surface area contributed by atoms with Crippen molar-refractivity contribution in [1.82, 2.24) is 14.8 Å². The molecular weight excluding hydrogens is 258 g/mol. The van der Waals surface area contributed by atoms with E-state index in [2.05, 4.69) is 10.2 Å². The molecule has 2 heterocycles. The number of halogens is 1. The van der Waals surface area contributed by atoms with Gasteiger partial charge in [0.05, 0.1) is 5.69 Å². The SMILES string of the molecule is Cc1ccc(-n2ccc(-c3ccc(Cl)cc3)c2)nn1. The third kappa shape index (κ3) is 2.51. The Morgan fingerprint density at radius 2 is 1.68 bits per heavy atom. The van der Waals surface area contributed by atoms with Crippen molar-refractivity contribution in [2.45, 2.75) is 6.92 Å². The molecule has 0 atom stereocenters. The molecule has 3 aromatic rings. The van der Waals surface area contributed by atoms with Crippen LogP contribution < -0.4 is 0 Å². The van der Waals surface area contributed by atoms with Crippen LogP contribution in [0.2, 0.25) is 5.02 Å². The third-order valence-electron chi connectivity index (χ3n) is 2.92.